The zero-order valence-corrected chi connectivity index (χ0v) is 14.6. The van der Waals surface area contributed by atoms with E-state index in [0.717, 1.165) is 0 Å². The van der Waals surface area contributed by atoms with Crippen molar-refractivity contribution in [2.75, 3.05) is 27.4 Å². The molecule has 128 valence electrons. The van der Waals surface area contributed by atoms with Crippen LogP contribution >= 0.6 is 7.60 Å². The molecule has 0 heterocycles. The normalized spacial score (nSPS) is 11.1. The molecular weight excluding hydrogens is 323 g/mol. The molecule has 0 aromatic heterocycles. The third kappa shape index (κ3) is 5.16. The fraction of sp³-hybridized carbons (Fsp3) is 0.467. The molecule has 0 aliphatic heterocycles. The van der Waals surface area contributed by atoms with Gasteiger partial charge in [0.15, 0.2) is 0 Å². The van der Waals surface area contributed by atoms with E-state index < -0.39 is 19.5 Å². The molecule has 0 N–H and O–H groups in total. The van der Waals surface area contributed by atoms with Gasteiger partial charge in [0.2, 0.25) is 0 Å². The van der Waals surface area contributed by atoms with E-state index in [2.05, 4.69) is 9.47 Å². The van der Waals surface area contributed by atoms with E-state index in [1.807, 2.05) is 0 Å². The van der Waals surface area contributed by atoms with Crippen molar-refractivity contribution in [2.45, 2.75) is 20.0 Å². The van der Waals surface area contributed by atoms with Gasteiger partial charge in [0.1, 0.15) is 0 Å². The predicted molar refractivity (Wildman–Crippen MR) is 83.7 cm³/mol. The number of ether oxygens (including phenoxy) is 2. The zero-order chi connectivity index (χ0) is 17.5. The van der Waals surface area contributed by atoms with Crippen molar-refractivity contribution in [3.63, 3.8) is 0 Å². The maximum atomic E-state index is 12.6. The second-order valence-electron chi connectivity index (χ2n) is 4.47. The largest absolute Gasteiger partial charge is 0.465 e. The molecule has 0 spiro atoms. The number of hydrogen-bond donors (Lipinski definition) is 0. The molecule has 0 aliphatic carbocycles. The third-order valence-electron chi connectivity index (χ3n) is 2.92. The van der Waals surface area contributed by atoms with Crippen LogP contribution in [0.3, 0.4) is 0 Å². The Bertz CT molecular complexity index is 602. The van der Waals surface area contributed by atoms with Crippen LogP contribution in [0.1, 0.15) is 40.1 Å². The summed E-state index contributed by atoms with van der Waals surface area (Å²) in [5.74, 6) is -1.34. The Morgan fingerprint density at radius 3 is 1.96 bits per heavy atom. The molecule has 0 saturated heterocycles. The van der Waals surface area contributed by atoms with Gasteiger partial charge in [0.25, 0.3) is 0 Å². The molecule has 0 saturated carbocycles. The van der Waals surface area contributed by atoms with Crippen molar-refractivity contribution in [2.24, 2.45) is 0 Å². The molecule has 0 unspecified atom stereocenters. The maximum Gasteiger partial charge on any atom is 0.338 e. The van der Waals surface area contributed by atoms with Crippen LogP contribution in [0.4, 0.5) is 0 Å². The van der Waals surface area contributed by atoms with Crippen molar-refractivity contribution in [3.8, 4) is 0 Å². The first kappa shape index (κ1) is 19.4. The highest BCUT2D eigenvalue weighted by Crippen LogP contribution is 2.51. The van der Waals surface area contributed by atoms with Gasteiger partial charge in [-0.3, -0.25) is 4.57 Å². The quantitative estimate of drug-likeness (QED) is 0.529. The molecule has 8 heteroatoms. The lowest BCUT2D eigenvalue weighted by molar-refractivity contribution is 0.0555. The van der Waals surface area contributed by atoms with Crippen LogP contribution in [-0.4, -0.2) is 39.4 Å². The van der Waals surface area contributed by atoms with Gasteiger partial charge in [-0.2, -0.15) is 0 Å². The maximum absolute atomic E-state index is 12.6. The SMILES string of the molecule is CCOP(=O)(Cc1ccc(C(=O)OC)c(C(=O)OC)c1)OCC. The first-order valence-corrected chi connectivity index (χ1v) is 8.81. The summed E-state index contributed by atoms with van der Waals surface area (Å²) in [5.41, 5.74) is 0.644. The van der Waals surface area contributed by atoms with E-state index in [0.29, 0.717) is 5.56 Å². The molecule has 0 radical (unpaired) electrons. The van der Waals surface area contributed by atoms with Gasteiger partial charge >= 0.3 is 19.5 Å². The highest BCUT2D eigenvalue weighted by Gasteiger charge is 2.26. The average Bonchev–Trinajstić information content (AvgIpc) is 2.53. The van der Waals surface area contributed by atoms with Crippen LogP contribution in [0.5, 0.6) is 0 Å². The Labute approximate surface area is 135 Å². The second kappa shape index (κ2) is 8.82. The van der Waals surface area contributed by atoms with Crippen LogP contribution in [0.25, 0.3) is 0 Å². The van der Waals surface area contributed by atoms with Crippen LogP contribution in [0.2, 0.25) is 0 Å². The third-order valence-corrected chi connectivity index (χ3v) is 4.98. The summed E-state index contributed by atoms with van der Waals surface area (Å²) in [6, 6.07) is 4.43. The summed E-state index contributed by atoms with van der Waals surface area (Å²) in [5, 5.41) is 0. The van der Waals surface area contributed by atoms with Crippen molar-refractivity contribution < 1.29 is 32.7 Å². The molecule has 1 aromatic rings. The Hall–Kier alpha value is -1.69. The van der Waals surface area contributed by atoms with Gasteiger partial charge in [-0.1, -0.05) is 6.07 Å². The molecule has 0 fully saturated rings. The van der Waals surface area contributed by atoms with Crippen LogP contribution < -0.4 is 0 Å². The van der Waals surface area contributed by atoms with E-state index in [1.165, 1.54) is 26.4 Å². The van der Waals surface area contributed by atoms with Gasteiger partial charge in [0, 0.05) is 0 Å². The molecule has 0 bridgehead atoms. The van der Waals surface area contributed by atoms with Crippen LogP contribution in [0.15, 0.2) is 18.2 Å². The average molecular weight is 344 g/mol. The number of benzene rings is 1. The van der Waals surface area contributed by atoms with E-state index in [1.54, 1.807) is 19.9 Å². The summed E-state index contributed by atoms with van der Waals surface area (Å²) >= 11 is 0. The van der Waals surface area contributed by atoms with E-state index >= 15 is 0 Å². The Kier molecular flexibility index (Phi) is 7.42. The monoisotopic (exact) mass is 344 g/mol. The summed E-state index contributed by atoms with van der Waals surface area (Å²) in [6.07, 6.45) is -0.0138. The minimum Gasteiger partial charge on any atom is -0.465 e. The molecule has 23 heavy (non-hydrogen) atoms. The lowest BCUT2D eigenvalue weighted by Crippen LogP contribution is -2.12. The van der Waals surface area contributed by atoms with Gasteiger partial charge in [0.05, 0.1) is 44.7 Å². The number of carbonyl (C=O) groups excluding carboxylic acids is 2. The summed E-state index contributed by atoms with van der Waals surface area (Å²) in [4.78, 5) is 23.6. The number of rotatable bonds is 8. The highest BCUT2D eigenvalue weighted by atomic mass is 31.2. The first-order chi connectivity index (χ1) is 10.9. The van der Waals surface area contributed by atoms with Crippen LogP contribution in [-0.2, 0) is 29.2 Å². The fourth-order valence-electron chi connectivity index (χ4n) is 2.00. The topological polar surface area (TPSA) is 88.1 Å². The molecule has 1 rings (SSSR count). The number of methoxy groups -OCH3 is 2. The van der Waals surface area contributed by atoms with Crippen molar-refractivity contribution >= 4 is 19.5 Å². The number of hydrogen-bond acceptors (Lipinski definition) is 7. The van der Waals surface area contributed by atoms with E-state index in [4.69, 9.17) is 9.05 Å². The van der Waals surface area contributed by atoms with Crippen molar-refractivity contribution in [1.29, 1.82) is 0 Å². The Morgan fingerprint density at radius 2 is 1.48 bits per heavy atom. The summed E-state index contributed by atoms with van der Waals surface area (Å²) in [6.45, 7) is 3.90. The predicted octanol–water partition coefficient (Wildman–Crippen LogP) is 3.03. The van der Waals surface area contributed by atoms with Crippen LogP contribution in [0, 0.1) is 0 Å². The summed E-state index contributed by atoms with van der Waals surface area (Å²) < 4.78 is 32.3. The van der Waals surface area contributed by atoms with E-state index in [9.17, 15) is 14.2 Å². The molecule has 7 nitrogen and oxygen atoms in total. The second-order valence-corrected chi connectivity index (χ2v) is 6.52. The van der Waals surface area contributed by atoms with Crippen molar-refractivity contribution in [3.05, 3.63) is 34.9 Å². The molecule has 0 aliphatic rings. The van der Waals surface area contributed by atoms with Gasteiger partial charge in [-0.15, -0.1) is 0 Å². The molecule has 0 amide bonds. The standard InChI is InChI=1S/C15H21O7P/c1-5-21-23(18,22-6-2)10-11-7-8-12(14(16)19-3)13(9-11)15(17)20-4/h7-9H,5-6,10H2,1-4H3. The molecule has 1 aromatic carbocycles. The lowest BCUT2D eigenvalue weighted by atomic mass is 10.0. The smallest absolute Gasteiger partial charge is 0.338 e. The minimum atomic E-state index is -3.31. The minimum absolute atomic E-state index is 0.0138. The number of carbonyl (C=O) groups is 2. The Balaban J connectivity index is 3.21. The molecule has 0 atom stereocenters. The van der Waals surface area contributed by atoms with E-state index in [-0.39, 0.29) is 30.5 Å². The lowest BCUT2D eigenvalue weighted by Gasteiger charge is -2.17. The van der Waals surface area contributed by atoms with Gasteiger partial charge < -0.3 is 18.5 Å². The summed E-state index contributed by atoms with van der Waals surface area (Å²) in [7, 11) is -0.886. The fourth-order valence-corrected chi connectivity index (χ4v) is 3.69. The first-order valence-electron chi connectivity index (χ1n) is 7.08. The van der Waals surface area contributed by atoms with Gasteiger partial charge in [-0.05, 0) is 31.5 Å². The highest BCUT2D eigenvalue weighted by molar-refractivity contribution is 7.53. The number of esters is 2. The zero-order valence-electron chi connectivity index (χ0n) is 13.7. The molecular formula is C15H21O7P. The Morgan fingerprint density at radius 1 is 0.957 bits per heavy atom. The van der Waals surface area contributed by atoms with Gasteiger partial charge in [-0.25, -0.2) is 9.59 Å². The van der Waals surface area contributed by atoms with Crippen molar-refractivity contribution in [1.82, 2.24) is 0 Å².